The second-order valence-electron chi connectivity index (χ2n) is 8.70. The number of fused-ring (bicyclic) bond motifs is 6. The monoisotopic (exact) mass is 480 g/mol. The summed E-state index contributed by atoms with van der Waals surface area (Å²) in [6, 6.07) is 31.8. The van der Waals surface area contributed by atoms with Crippen LogP contribution in [0.15, 0.2) is 104 Å². The molecular weight excluding hydrogens is 452 g/mol. The maximum Gasteiger partial charge on any atom is 0.220 e. The molecule has 1 N–H and O–H groups in total. The van der Waals surface area contributed by atoms with Crippen LogP contribution in [0.4, 0.5) is 0 Å². The molecule has 0 radical (unpaired) electrons. The summed E-state index contributed by atoms with van der Waals surface area (Å²) in [7, 11) is 0. The maximum absolute atomic E-state index is 5.05. The fraction of sp³-hybridized carbons (Fsp3) is 0.0606. The summed E-state index contributed by atoms with van der Waals surface area (Å²) in [5, 5.41) is 1.14. The Morgan fingerprint density at radius 3 is 2.32 bits per heavy atom. The third-order valence-electron chi connectivity index (χ3n) is 6.83. The maximum atomic E-state index is 5.05. The van der Waals surface area contributed by atoms with Gasteiger partial charge in [0.05, 0.1) is 22.1 Å². The fourth-order valence-electron chi connectivity index (χ4n) is 5.28. The van der Waals surface area contributed by atoms with Crippen LogP contribution in [0.2, 0.25) is 0 Å². The van der Waals surface area contributed by atoms with Gasteiger partial charge in [-0.1, -0.05) is 81.6 Å². The lowest BCUT2D eigenvalue weighted by molar-refractivity contribution is 1.11. The highest BCUT2D eigenvalue weighted by Crippen LogP contribution is 2.37. The van der Waals surface area contributed by atoms with E-state index >= 15 is 0 Å². The first kappa shape index (κ1) is 22.6. The van der Waals surface area contributed by atoms with E-state index in [2.05, 4.69) is 106 Å². The minimum absolute atomic E-state index is 0.906. The average molecular weight is 481 g/mol. The average Bonchev–Trinajstić information content (AvgIpc) is 3.62. The van der Waals surface area contributed by atoms with Gasteiger partial charge in [0.2, 0.25) is 5.78 Å². The minimum atomic E-state index is 0.906. The van der Waals surface area contributed by atoms with Crippen molar-refractivity contribution < 1.29 is 0 Å². The van der Waals surface area contributed by atoms with E-state index in [1.54, 1.807) is 0 Å². The first-order chi connectivity index (χ1) is 18.3. The van der Waals surface area contributed by atoms with E-state index in [9.17, 15) is 0 Å². The molecule has 0 unspecified atom stereocenters. The highest BCUT2D eigenvalue weighted by atomic mass is 15.2. The predicted octanol–water partition coefficient (Wildman–Crippen LogP) is 8.89. The summed E-state index contributed by atoms with van der Waals surface area (Å²) in [4.78, 5) is 8.50. The second-order valence-corrected chi connectivity index (χ2v) is 8.70. The number of benzene rings is 4. The smallest absolute Gasteiger partial charge is 0.220 e. The fourth-order valence-corrected chi connectivity index (χ4v) is 5.28. The molecule has 4 heteroatoms. The molecule has 0 saturated carbocycles. The molecule has 4 nitrogen and oxygen atoms in total. The molecule has 0 aliphatic heterocycles. The van der Waals surface area contributed by atoms with Gasteiger partial charge in [0.25, 0.3) is 0 Å². The van der Waals surface area contributed by atoms with Crippen LogP contribution < -0.4 is 0 Å². The van der Waals surface area contributed by atoms with Crippen molar-refractivity contribution in [2.45, 2.75) is 13.8 Å². The van der Waals surface area contributed by atoms with Gasteiger partial charge in [-0.05, 0) is 54.1 Å². The van der Waals surface area contributed by atoms with Gasteiger partial charge in [0.1, 0.15) is 0 Å². The molecule has 37 heavy (non-hydrogen) atoms. The zero-order valence-electron chi connectivity index (χ0n) is 21.1. The lowest BCUT2D eigenvalue weighted by Crippen LogP contribution is -1.94. The van der Waals surface area contributed by atoms with Crippen molar-refractivity contribution in [3.05, 3.63) is 115 Å². The van der Waals surface area contributed by atoms with Crippen LogP contribution in [0.1, 0.15) is 25.1 Å². The summed E-state index contributed by atoms with van der Waals surface area (Å²) >= 11 is 0. The van der Waals surface area contributed by atoms with Crippen molar-refractivity contribution in [2.75, 3.05) is 0 Å². The SMILES string of the molecule is C=Cc1[nH]c2ccc(-c3cccc4c3n3c5ccccc5nc3n4-c3ccccc3)cc2c1C=C.CC. The number of para-hydroxylation sites is 4. The minimum Gasteiger partial charge on any atom is -0.355 e. The molecule has 4 aromatic carbocycles. The number of hydrogen-bond donors (Lipinski definition) is 1. The van der Waals surface area contributed by atoms with Crippen molar-refractivity contribution >= 4 is 50.9 Å². The zero-order chi connectivity index (χ0) is 25.5. The van der Waals surface area contributed by atoms with E-state index in [1.807, 2.05) is 38.1 Å². The largest absolute Gasteiger partial charge is 0.355 e. The van der Waals surface area contributed by atoms with Gasteiger partial charge >= 0.3 is 0 Å². The molecular formula is C33H28N4. The highest BCUT2D eigenvalue weighted by molar-refractivity contribution is 6.03. The molecule has 0 aliphatic rings. The van der Waals surface area contributed by atoms with Gasteiger partial charge in [-0.2, -0.15) is 0 Å². The summed E-state index contributed by atoms with van der Waals surface area (Å²) in [5.74, 6) is 0.906. The van der Waals surface area contributed by atoms with Gasteiger partial charge in [-0.15, -0.1) is 0 Å². The number of H-pyrrole nitrogens is 1. The van der Waals surface area contributed by atoms with E-state index < -0.39 is 0 Å². The molecule has 0 spiro atoms. The molecule has 0 amide bonds. The first-order valence-electron chi connectivity index (χ1n) is 12.7. The predicted molar refractivity (Wildman–Crippen MR) is 158 cm³/mol. The first-order valence-corrected chi connectivity index (χ1v) is 12.7. The molecule has 7 aromatic rings. The van der Waals surface area contributed by atoms with Crippen molar-refractivity contribution in [2.24, 2.45) is 0 Å². The molecule has 180 valence electrons. The molecule has 3 heterocycles. The topological polar surface area (TPSA) is 38.0 Å². The number of rotatable bonds is 4. The Hall–Kier alpha value is -4.83. The summed E-state index contributed by atoms with van der Waals surface area (Å²) in [6.07, 6.45) is 3.74. The number of nitrogens with one attached hydrogen (secondary N) is 1. The molecule has 0 aliphatic carbocycles. The standard InChI is InChI=1S/C31H22N4.C2H6/c1-3-22-24-19-20(17-18-26(24)32-25(22)4-2)23-13-10-16-29-30(23)35-28-15-9-8-14-27(28)33-31(35)34(29)21-11-6-5-7-12-21;1-2/h3-19,32H,1-2H2;1-2H3. The summed E-state index contributed by atoms with van der Waals surface area (Å²) < 4.78 is 4.54. The zero-order valence-corrected chi connectivity index (χ0v) is 21.1. The third kappa shape index (κ3) is 3.34. The number of imidazole rings is 2. The van der Waals surface area contributed by atoms with Crippen LogP contribution in [0.25, 0.3) is 67.7 Å². The second kappa shape index (κ2) is 8.99. The number of aromatic nitrogens is 4. The molecule has 0 fully saturated rings. The number of hydrogen-bond acceptors (Lipinski definition) is 1. The van der Waals surface area contributed by atoms with Crippen LogP contribution in [-0.2, 0) is 0 Å². The Kier molecular flexibility index (Phi) is 5.50. The Morgan fingerprint density at radius 2 is 1.54 bits per heavy atom. The van der Waals surface area contributed by atoms with Crippen molar-refractivity contribution in [3.8, 4) is 16.8 Å². The van der Waals surface area contributed by atoms with E-state index in [0.717, 1.165) is 66.8 Å². The van der Waals surface area contributed by atoms with Gasteiger partial charge < -0.3 is 4.98 Å². The Bertz CT molecular complexity index is 1930. The molecule has 0 saturated heterocycles. The van der Waals surface area contributed by atoms with Crippen LogP contribution in [0.5, 0.6) is 0 Å². The lowest BCUT2D eigenvalue weighted by Gasteiger charge is -2.08. The van der Waals surface area contributed by atoms with Gasteiger partial charge in [-0.25, -0.2) is 4.98 Å². The van der Waals surface area contributed by atoms with Crippen LogP contribution in [0.3, 0.4) is 0 Å². The molecule has 0 bridgehead atoms. The van der Waals surface area contributed by atoms with Gasteiger partial charge in [-0.3, -0.25) is 8.97 Å². The van der Waals surface area contributed by atoms with Crippen LogP contribution >= 0.6 is 0 Å². The van der Waals surface area contributed by atoms with E-state index in [1.165, 1.54) is 0 Å². The Balaban J connectivity index is 0.00000123. The normalized spacial score (nSPS) is 11.2. The van der Waals surface area contributed by atoms with Crippen LogP contribution in [0, 0.1) is 0 Å². The van der Waals surface area contributed by atoms with E-state index in [-0.39, 0.29) is 0 Å². The van der Waals surface area contributed by atoms with Crippen molar-refractivity contribution in [1.29, 1.82) is 0 Å². The molecule has 3 aromatic heterocycles. The van der Waals surface area contributed by atoms with E-state index in [4.69, 9.17) is 4.98 Å². The van der Waals surface area contributed by atoms with Gasteiger partial charge in [0.15, 0.2) is 0 Å². The quantitative estimate of drug-likeness (QED) is 0.268. The highest BCUT2D eigenvalue weighted by Gasteiger charge is 2.20. The number of nitrogens with zero attached hydrogens (tertiary/aromatic N) is 3. The van der Waals surface area contributed by atoms with Gasteiger partial charge in [0, 0.05) is 33.4 Å². The van der Waals surface area contributed by atoms with Crippen molar-refractivity contribution in [1.82, 2.24) is 18.9 Å². The summed E-state index contributed by atoms with van der Waals surface area (Å²) in [5.41, 5.74) is 10.9. The summed E-state index contributed by atoms with van der Waals surface area (Å²) in [6.45, 7) is 12.0. The Labute approximate surface area is 215 Å². The van der Waals surface area contributed by atoms with E-state index in [0.29, 0.717) is 0 Å². The molecule has 0 atom stereocenters. The third-order valence-corrected chi connectivity index (χ3v) is 6.83. The Morgan fingerprint density at radius 1 is 0.784 bits per heavy atom. The van der Waals surface area contributed by atoms with Crippen LogP contribution in [-0.4, -0.2) is 18.9 Å². The molecule has 7 rings (SSSR count). The lowest BCUT2D eigenvalue weighted by atomic mass is 10.0. The number of aromatic amines is 1. The van der Waals surface area contributed by atoms with Crippen molar-refractivity contribution in [3.63, 3.8) is 0 Å².